The van der Waals surface area contributed by atoms with Gasteiger partial charge in [-0.3, -0.25) is 9.89 Å². The van der Waals surface area contributed by atoms with Crippen LogP contribution in [0, 0.1) is 0 Å². The fraction of sp³-hybridized carbons (Fsp3) is 0.167. The normalized spacial score (nSPS) is 13.5. The second-order valence-electron chi connectivity index (χ2n) is 8.00. The third kappa shape index (κ3) is 3.35. The molecule has 0 bridgehead atoms. The highest BCUT2D eigenvalue weighted by Crippen LogP contribution is 2.44. The van der Waals surface area contributed by atoms with Gasteiger partial charge in [-0.1, -0.05) is 41.6 Å². The smallest absolute Gasteiger partial charge is 0.292 e. The van der Waals surface area contributed by atoms with E-state index in [1.54, 1.807) is 12.1 Å². The molecule has 8 heteroatoms. The average Bonchev–Trinajstić information content (AvgIpc) is 3.20. The van der Waals surface area contributed by atoms with Crippen molar-refractivity contribution in [3.8, 4) is 11.3 Å². The van der Waals surface area contributed by atoms with E-state index in [0.29, 0.717) is 18.3 Å². The molecule has 32 heavy (non-hydrogen) atoms. The number of hydrogen-bond donors (Lipinski definition) is 2. The summed E-state index contributed by atoms with van der Waals surface area (Å²) < 4.78 is 7.19. The minimum atomic E-state index is -0.346. The Kier molecular flexibility index (Phi) is 4.34. The standard InChI is InChI=1S/C24H20N6O2/c31-24(20-7-4-12-32-20)25-23-18-13-17(10-11-19(18)26-28-23)21-22(16-8-9-16)30(29-27-21)14-15-5-2-1-3-6-15/h1-7,10-13,16H,8-9,14H2,(H2,25,26,28,31). The molecule has 8 nitrogen and oxygen atoms in total. The van der Waals surface area contributed by atoms with Crippen LogP contribution in [0.15, 0.2) is 71.3 Å². The van der Waals surface area contributed by atoms with Gasteiger partial charge in [0.15, 0.2) is 11.6 Å². The summed E-state index contributed by atoms with van der Waals surface area (Å²) in [5.41, 5.74) is 5.02. The summed E-state index contributed by atoms with van der Waals surface area (Å²) in [7, 11) is 0. The molecule has 1 amide bonds. The summed E-state index contributed by atoms with van der Waals surface area (Å²) in [6.07, 6.45) is 3.76. The Morgan fingerprint density at radius 3 is 2.78 bits per heavy atom. The van der Waals surface area contributed by atoms with Crippen molar-refractivity contribution in [1.29, 1.82) is 0 Å². The van der Waals surface area contributed by atoms with Crippen LogP contribution in [0.25, 0.3) is 22.2 Å². The van der Waals surface area contributed by atoms with Crippen LogP contribution >= 0.6 is 0 Å². The molecule has 2 N–H and O–H groups in total. The first-order valence-electron chi connectivity index (χ1n) is 10.6. The largest absolute Gasteiger partial charge is 0.459 e. The van der Waals surface area contributed by atoms with Crippen LogP contribution < -0.4 is 5.32 Å². The Hall–Kier alpha value is -4.20. The number of aromatic amines is 1. The summed E-state index contributed by atoms with van der Waals surface area (Å²) in [5, 5.41) is 19.9. The van der Waals surface area contributed by atoms with E-state index in [4.69, 9.17) is 4.42 Å². The Labute approximate surface area is 183 Å². The van der Waals surface area contributed by atoms with Crippen molar-refractivity contribution in [2.75, 3.05) is 5.32 Å². The van der Waals surface area contributed by atoms with Gasteiger partial charge in [0, 0.05) is 16.9 Å². The molecule has 3 aromatic heterocycles. The van der Waals surface area contributed by atoms with Crippen LogP contribution in [-0.2, 0) is 6.54 Å². The number of nitrogens with zero attached hydrogens (tertiary/aromatic N) is 4. The molecule has 0 aliphatic heterocycles. The monoisotopic (exact) mass is 424 g/mol. The zero-order valence-corrected chi connectivity index (χ0v) is 17.2. The van der Waals surface area contributed by atoms with Crippen LogP contribution in [0.5, 0.6) is 0 Å². The van der Waals surface area contributed by atoms with E-state index in [-0.39, 0.29) is 11.7 Å². The predicted octanol–water partition coefficient (Wildman–Crippen LogP) is 4.59. The van der Waals surface area contributed by atoms with Gasteiger partial charge >= 0.3 is 0 Å². The van der Waals surface area contributed by atoms with E-state index < -0.39 is 0 Å². The van der Waals surface area contributed by atoms with E-state index in [2.05, 4.69) is 38.0 Å². The van der Waals surface area contributed by atoms with Gasteiger partial charge in [0.2, 0.25) is 0 Å². The molecule has 3 heterocycles. The maximum Gasteiger partial charge on any atom is 0.292 e. The lowest BCUT2D eigenvalue weighted by Gasteiger charge is -2.08. The molecule has 0 saturated heterocycles. The van der Waals surface area contributed by atoms with Crippen LogP contribution in [0.3, 0.4) is 0 Å². The van der Waals surface area contributed by atoms with Gasteiger partial charge in [-0.25, -0.2) is 4.68 Å². The molecule has 6 rings (SSSR count). The lowest BCUT2D eigenvalue weighted by Crippen LogP contribution is -2.11. The molecule has 0 radical (unpaired) electrons. The quantitative estimate of drug-likeness (QED) is 0.415. The summed E-state index contributed by atoms with van der Waals surface area (Å²) >= 11 is 0. The summed E-state index contributed by atoms with van der Waals surface area (Å²) in [6, 6.07) is 19.5. The molecule has 0 atom stereocenters. The first kappa shape index (κ1) is 18.6. The number of nitrogens with one attached hydrogen (secondary N) is 2. The number of fused-ring (bicyclic) bond motifs is 1. The van der Waals surface area contributed by atoms with Gasteiger partial charge < -0.3 is 9.73 Å². The minimum absolute atomic E-state index is 0.233. The highest BCUT2D eigenvalue weighted by atomic mass is 16.3. The van der Waals surface area contributed by atoms with E-state index in [9.17, 15) is 4.79 Å². The van der Waals surface area contributed by atoms with E-state index in [1.807, 2.05) is 41.1 Å². The lowest BCUT2D eigenvalue weighted by atomic mass is 10.1. The van der Waals surface area contributed by atoms with Gasteiger partial charge in [-0.15, -0.1) is 5.10 Å². The number of carbonyl (C=O) groups excluding carboxylic acids is 1. The second kappa shape index (κ2) is 7.49. The number of aromatic nitrogens is 5. The number of benzene rings is 2. The summed E-state index contributed by atoms with van der Waals surface area (Å²) in [5.74, 6) is 0.813. The Bertz CT molecular complexity index is 1400. The third-order valence-electron chi connectivity index (χ3n) is 5.73. The van der Waals surface area contributed by atoms with Gasteiger partial charge in [0.05, 0.1) is 24.0 Å². The van der Waals surface area contributed by atoms with Gasteiger partial charge in [-0.2, -0.15) is 5.10 Å². The Morgan fingerprint density at radius 1 is 1.12 bits per heavy atom. The van der Waals surface area contributed by atoms with Crippen molar-refractivity contribution in [2.24, 2.45) is 0 Å². The number of H-pyrrole nitrogens is 1. The zero-order chi connectivity index (χ0) is 21.5. The first-order chi connectivity index (χ1) is 15.8. The lowest BCUT2D eigenvalue weighted by molar-refractivity contribution is 0.0996. The third-order valence-corrected chi connectivity index (χ3v) is 5.73. The number of furan rings is 1. The van der Waals surface area contributed by atoms with E-state index >= 15 is 0 Å². The molecule has 1 fully saturated rings. The molecule has 5 aromatic rings. The maximum atomic E-state index is 12.4. The molecular weight excluding hydrogens is 404 g/mol. The second-order valence-corrected chi connectivity index (χ2v) is 8.00. The fourth-order valence-corrected chi connectivity index (χ4v) is 3.99. The zero-order valence-electron chi connectivity index (χ0n) is 17.2. The highest BCUT2D eigenvalue weighted by Gasteiger charge is 2.32. The summed E-state index contributed by atoms with van der Waals surface area (Å²) in [4.78, 5) is 12.4. The van der Waals surface area contributed by atoms with E-state index in [0.717, 1.165) is 40.7 Å². The number of amides is 1. The van der Waals surface area contributed by atoms with Crippen molar-refractivity contribution in [3.05, 3.63) is 83.9 Å². The van der Waals surface area contributed by atoms with Gasteiger partial charge in [-0.05, 0) is 42.7 Å². The number of rotatable bonds is 6. The summed E-state index contributed by atoms with van der Waals surface area (Å²) in [6.45, 7) is 0.693. The molecular formula is C24H20N6O2. The fourth-order valence-electron chi connectivity index (χ4n) is 3.99. The molecule has 158 valence electrons. The highest BCUT2D eigenvalue weighted by molar-refractivity contribution is 6.06. The van der Waals surface area contributed by atoms with Crippen molar-refractivity contribution in [2.45, 2.75) is 25.3 Å². The topological polar surface area (TPSA) is 102 Å². The van der Waals surface area contributed by atoms with Crippen molar-refractivity contribution in [1.82, 2.24) is 25.2 Å². The minimum Gasteiger partial charge on any atom is -0.459 e. The first-order valence-corrected chi connectivity index (χ1v) is 10.6. The Morgan fingerprint density at radius 2 is 2.00 bits per heavy atom. The van der Waals surface area contributed by atoms with Crippen LogP contribution in [0.4, 0.5) is 5.82 Å². The number of hydrogen-bond acceptors (Lipinski definition) is 5. The predicted molar refractivity (Wildman–Crippen MR) is 119 cm³/mol. The molecule has 0 spiro atoms. The number of anilines is 1. The van der Waals surface area contributed by atoms with Crippen molar-refractivity contribution in [3.63, 3.8) is 0 Å². The maximum absolute atomic E-state index is 12.4. The molecule has 1 saturated carbocycles. The van der Waals surface area contributed by atoms with Crippen LogP contribution in [-0.4, -0.2) is 31.1 Å². The van der Waals surface area contributed by atoms with Crippen LogP contribution in [0.1, 0.15) is 40.6 Å². The molecule has 0 unspecified atom stereocenters. The molecule has 1 aliphatic carbocycles. The van der Waals surface area contributed by atoms with Crippen molar-refractivity contribution >= 4 is 22.6 Å². The van der Waals surface area contributed by atoms with E-state index in [1.165, 1.54) is 11.8 Å². The van der Waals surface area contributed by atoms with Gasteiger partial charge in [0.1, 0.15) is 5.69 Å². The SMILES string of the molecule is O=C(Nc1n[nH]c2ccc(-c3nnn(Cc4ccccc4)c3C3CC3)cc12)c1ccco1. The molecule has 2 aromatic carbocycles. The number of carbonyl (C=O) groups is 1. The van der Waals surface area contributed by atoms with Crippen molar-refractivity contribution < 1.29 is 9.21 Å². The molecule has 1 aliphatic rings. The Balaban J connectivity index is 1.36. The van der Waals surface area contributed by atoms with Crippen LogP contribution in [0.2, 0.25) is 0 Å². The van der Waals surface area contributed by atoms with Gasteiger partial charge in [0.25, 0.3) is 5.91 Å². The average molecular weight is 424 g/mol.